The van der Waals surface area contributed by atoms with E-state index in [4.69, 9.17) is 0 Å². The fourth-order valence-electron chi connectivity index (χ4n) is 0.999. The third-order valence-electron chi connectivity index (χ3n) is 1.70. The predicted octanol–water partition coefficient (Wildman–Crippen LogP) is 2.85. The average Bonchev–Trinajstić information content (AvgIpc) is 1.99. The lowest BCUT2D eigenvalue weighted by Gasteiger charge is -1.97. The molecule has 0 saturated heterocycles. The van der Waals surface area contributed by atoms with Gasteiger partial charge in [0.05, 0.1) is 0 Å². The molecule has 2 heteroatoms. The molecule has 66 valence electrons. The van der Waals surface area contributed by atoms with Crippen molar-refractivity contribution in [2.75, 3.05) is 5.75 Å². The lowest BCUT2D eigenvalue weighted by molar-refractivity contribution is -0.118. The number of rotatable bonds is 7. The molecule has 1 nitrogen and oxygen atoms in total. The standard InChI is InChI=1S/C9H18OS/c1-2-3-4-5-6-9(10)7-8-11/h11H,2-8H2,1H3. The van der Waals surface area contributed by atoms with Crippen molar-refractivity contribution in [2.45, 2.75) is 45.4 Å². The molecule has 0 amide bonds. The van der Waals surface area contributed by atoms with Gasteiger partial charge < -0.3 is 0 Å². The lowest BCUT2D eigenvalue weighted by Crippen LogP contribution is -1.97. The van der Waals surface area contributed by atoms with E-state index >= 15 is 0 Å². The Morgan fingerprint density at radius 3 is 2.45 bits per heavy atom. The Kier molecular flexibility index (Phi) is 8.13. The minimum absolute atomic E-state index is 0.371. The number of carbonyl (C=O) groups excluding carboxylic acids is 1. The molecule has 0 radical (unpaired) electrons. The van der Waals surface area contributed by atoms with E-state index in [0.717, 1.165) is 12.8 Å². The maximum Gasteiger partial charge on any atom is 0.133 e. The molecule has 0 aliphatic rings. The van der Waals surface area contributed by atoms with Gasteiger partial charge in [-0.05, 0) is 12.2 Å². The molecular formula is C9H18OS. The quantitative estimate of drug-likeness (QED) is 0.464. The van der Waals surface area contributed by atoms with Gasteiger partial charge in [0.15, 0.2) is 0 Å². The summed E-state index contributed by atoms with van der Waals surface area (Å²) in [4.78, 5) is 11.0. The van der Waals surface area contributed by atoms with Crippen LogP contribution in [-0.2, 0) is 4.79 Å². The highest BCUT2D eigenvalue weighted by Crippen LogP contribution is 2.04. The number of hydrogen-bond donors (Lipinski definition) is 1. The first-order chi connectivity index (χ1) is 5.31. The summed E-state index contributed by atoms with van der Waals surface area (Å²) in [5.41, 5.74) is 0. The van der Waals surface area contributed by atoms with E-state index in [0.29, 0.717) is 18.0 Å². The molecule has 0 aliphatic heterocycles. The molecule has 0 fully saturated rings. The Labute approximate surface area is 75.0 Å². The summed E-state index contributed by atoms with van der Waals surface area (Å²) in [6.45, 7) is 2.18. The second-order valence-corrected chi connectivity index (χ2v) is 3.27. The van der Waals surface area contributed by atoms with Crippen molar-refractivity contribution in [3.05, 3.63) is 0 Å². The number of hydrogen-bond acceptors (Lipinski definition) is 2. The van der Waals surface area contributed by atoms with Crippen LogP contribution in [0.5, 0.6) is 0 Å². The monoisotopic (exact) mass is 174 g/mol. The van der Waals surface area contributed by atoms with E-state index in [1.54, 1.807) is 0 Å². The van der Waals surface area contributed by atoms with Gasteiger partial charge >= 0.3 is 0 Å². The largest absolute Gasteiger partial charge is 0.300 e. The Morgan fingerprint density at radius 2 is 1.91 bits per heavy atom. The van der Waals surface area contributed by atoms with Crippen LogP contribution in [0, 0.1) is 0 Å². The van der Waals surface area contributed by atoms with Crippen LogP contribution < -0.4 is 0 Å². The van der Waals surface area contributed by atoms with Crippen LogP contribution in [0.4, 0.5) is 0 Å². The Bertz CT molecular complexity index is 102. The summed E-state index contributed by atoms with van der Waals surface area (Å²) in [5.74, 6) is 1.07. The van der Waals surface area contributed by atoms with Crippen molar-refractivity contribution in [1.82, 2.24) is 0 Å². The summed E-state index contributed by atoms with van der Waals surface area (Å²) in [5, 5.41) is 0. The van der Waals surface area contributed by atoms with Gasteiger partial charge in [-0.25, -0.2) is 0 Å². The Balaban J connectivity index is 3.04. The van der Waals surface area contributed by atoms with Gasteiger partial charge in [0.2, 0.25) is 0 Å². The first-order valence-corrected chi connectivity index (χ1v) is 5.07. The van der Waals surface area contributed by atoms with E-state index in [-0.39, 0.29) is 0 Å². The van der Waals surface area contributed by atoms with E-state index in [1.807, 2.05) is 0 Å². The molecule has 0 bridgehead atoms. The minimum atomic E-state index is 0.371. The molecule has 0 unspecified atom stereocenters. The lowest BCUT2D eigenvalue weighted by atomic mass is 10.1. The molecule has 11 heavy (non-hydrogen) atoms. The number of ketones is 1. The highest BCUT2D eigenvalue weighted by Gasteiger charge is 1.98. The second-order valence-electron chi connectivity index (χ2n) is 2.82. The smallest absolute Gasteiger partial charge is 0.133 e. The van der Waals surface area contributed by atoms with Crippen molar-refractivity contribution < 1.29 is 4.79 Å². The molecule has 0 atom stereocenters. The number of Topliss-reactive ketones (excluding diaryl/α,β-unsaturated/α-hetero) is 1. The van der Waals surface area contributed by atoms with Gasteiger partial charge in [-0.3, -0.25) is 4.79 Å². The molecular weight excluding hydrogens is 156 g/mol. The molecule has 0 aromatic heterocycles. The number of unbranched alkanes of at least 4 members (excludes halogenated alkanes) is 3. The molecule has 0 N–H and O–H groups in total. The molecule has 0 spiro atoms. The normalized spacial score (nSPS) is 10.0. The maximum atomic E-state index is 11.0. The third-order valence-corrected chi connectivity index (χ3v) is 1.92. The van der Waals surface area contributed by atoms with Crippen molar-refractivity contribution in [3.63, 3.8) is 0 Å². The highest BCUT2D eigenvalue weighted by atomic mass is 32.1. The predicted molar refractivity (Wildman–Crippen MR) is 52.2 cm³/mol. The second kappa shape index (κ2) is 8.12. The average molecular weight is 174 g/mol. The Hall–Kier alpha value is 0.0200. The highest BCUT2D eigenvalue weighted by molar-refractivity contribution is 7.80. The van der Waals surface area contributed by atoms with Gasteiger partial charge in [0, 0.05) is 12.8 Å². The molecule has 0 saturated carbocycles. The zero-order chi connectivity index (χ0) is 8.53. The number of carbonyl (C=O) groups is 1. The Morgan fingerprint density at radius 1 is 1.18 bits per heavy atom. The van der Waals surface area contributed by atoms with Crippen LogP contribution >= 0.6 is 12.6 Å². The summed E-state index contributed by atoms with van der Waals surface area (Å²) in [6.07, 6.45) is 6.18. The molecule has 0 rings (SSSR count). The van der Waals surface area contributed by atoms with Gasteiger partial charge in [-0.2, -0.15) is 12.6 Å². The van der Waals surface area contributed by atoms with Crippen LogP contribution in [0.3, 0.4) is 0 Å². The fraction of sp³-hybridized carbons (Fsp3) is 0.889. The zero-order valence-electron chi connectivity index (χ0n) is 7.31. The van der Waals surface area contributed by atoms with E-state index in [2.05, 4.69) is 19.6 Å². The summed E-state index contributed by atoms with van der Waals surface area (Å²) < 4.78 is 0. The molecule has 0 aliphatic carbocycles. The third kappa shape index (κ3) is 7.92. The van der Waals surface area contributed by atoms with Crippen molar-refractivity contribution >= 4 is 18.4 Å². The summed E-state index contributed by atoms with van der Waals surface area (Å²) in [7, 11) is 0. The zero-order valence-corrected chi connectivity index (χ0v) is 8.20. The fourth-order valence-corrected chi connectivity index (χ4v) is 1.25. The van der Waals surface area contributed by atoms with Crippen LogP contribution in [0.15, 0.2) is 0 Å². The minimum Gasteiger partial charge on any atom is -0.300 e. The summed E-state index contributed by atoms with van der Waals surface area (Å²) >= 11 is 4.00. The van der Waals surface area contributed by atoms with E-state index in [1.165, 1.54) is 19.3 Å². The van der Waals surface area contributed by atoms with E-state index in [9.17, 15) is 4.79 Å². The topological polar surface area (TPSA) is 17.1 Å². The van der Waals surface area contributed by atoms with Crippen LogP contribution in [-0.4, -0.2) is 11.5 Å². The molecule has 0 aromatic carbocycles. The number of thiol groups is 1. The SMILES string of the molecule is CCCCCCC(=O)CCS. The van der Waals surface area contributed by atoms with Gasteiger partial charge in [0.1, 0.15) is 5.78 Å². The van der Waals surface area contributed by atoms with Crippen LogP contribution in [0.25, 0.3) is 0 Å². The maximum absolute atomic E-state index is 11.0. The van der Waals surface area contributed by atoms with Crippen LogP contribution in [0.1, 0.15) is 45.4 Å². The van der Waals surface area contributed by atoms with Crippen molar-refractivity contribution in [1.29, 1.82) is 0 Å². The van der Waals surface area contributed by atoms with Crippen molar-refractivity contribution in [3.8, 4) is 0 Å². The molecule has 0 heterocycles. The van der Waals surface area contributed by atoms with Gasteiger partial charge in [0.25, 0.3) is 0 Å². The summed E-state index contributed by atoms with van der Waals surface area (Å²) in [6, 6.07) is 0. The first-order valence-electron chi connectivity index (χ1n) is 4.43. The van der Waals surface area contributed by atoms with Crippen LogP contribution in [0.2, 0.25) is 0 Å². The molecule has 0 aromatic rings. The van der Waals surface area contributed by atoms with Gasteiger partial charge in [-0.1, -0.05) is 26.2 Å². The van der Waals surface area contributed by atoms with E-state index < -0.39 is 0 Å². The van der Waals surface area contributed by atoms with Gasteiger partial charge in [-0.15, -0.1) is 0 Å². The first kappa shape index (κ1) is 11.0. The van der Waals surface area contributed by atoms with Crippen molar-refractivity contribution in [2.24, 2.45) is 0 Å².